The minimum atomic E-state index is -4.61. The Bertz CT molecular complexity index is 768. The van der Waals surface area contributed by atoms with E-state index in [0.29, 0.717) is 19.1 Å². The van der Waals surface area contributed by atoms with Gasteiger partial charge >= 0.3 is 6.18 Å². The molecule has 1 aromatic rings. The van der Waals surface area contributed by atoms with Crippen molar-refractivity contribution in [1.82, 2.24) is 9.21 Å². The number of sulfonamides is 1. The molecule has 0 radical (unpaired) electrons. The molecule has 3 rings (SSSR count). The fraction of sp³-hybridized carbons (Fsp3) is 0.562. The lowest BCUT2D eigenvalue weighted by Gasteiger charge is -2.35. The molecule has 6 nitrogen and oxygen atoms in total. The predicted molar refractivity (Wildman–Crippen MR) is 85.8 cm³/mol. The number of nitrogens with zero attached hydrogens (tertiary/aromatic N) is 2. The monoisotopic (exact) mass is 392 g/mol. The quantitative estimate of drug-likeness (QED) is 0.786. The molecule has 2 aliphatic heterocycles. The summed E-state index contributed by atoms with van der Waals surface area (Å²) in [4.78, 5) is 13.4. The molecule has 2 heterocycles. The van der Waals surface area contributed by atoms with Gasteiger partial charge in [-0.25, -0.2) is 8.42 Å². The lowest BCUT2D eigenvalue weighted by molar-refractivity contribution is -0.142. The average molecular weight is 392 g/mol. The van der Waals surface area contributed by atoms with E-state index in [2.05, 4.69) is 0 Å². The standard InChI is InChI=1S/C16H19F3N2O4S/c17-16(18,19)12-3-1-4-13(11-12)26(23,24)21-8-6-20(7-9-21)15(22)14-5-2-10-25-14/h1,3-4,11,14H,2,5-10H2. The zero-order valence-electron chi connectivity index (χ0n) is 13.9. The molecule has 1 atom stereocenters. The number of rotatable bonds is 3. The molecule has 0 aliphatic carbocycles. The molecular formula is C16H19F3N2O4S. The third kappa shape index (κ3) is 3.86. The van der Waals surface area contributed by atoms with Crippen LogP contribution in [-0.2, 0) is 25.7 Å². The second-order valence-electron chi connectivity index (χ2n) is 6.26. The van der Waals surface area contributed by atoms with Gasteiger partial charge in [-0.1, -0.05) is 6.07 Å². The van der Waals surface area contributed by atoms with Gasteiger partial charge in [-0.2, -0.15) is 17.5 Å². The van der Waals surface area contributed by atoms with Crippen LogP contribution in [0.25, 0.3) is 0 Å². The van der Waals surface area contributed by atoms with Crippen molar-refractivity contribution in [2.45, 2.75) is 30.0 Å². The third-order valence-corrected chi connectivity index (χ3v) is 6.45. The van der Waals surface area contributed by atoms with E-state index in [4.69, 9.17) is 4.74 Å². The molecule has 1 unspecified atom stereocenters. The highest BCUT2D eigenvalue weighted by Crippen LogP contribution is 2.31. The van der Waals surface area contributed by atoms with Crippen molar-refractivity contribution in [1.29, 1.82) is 0 Å². The summed E-state index contributed by atoms with van der Waals surface area (Å²) >= 11 is 0. The van der Waals surface area contributed by atoms with Crippen molar-refractivity contribution in [3.05, 3.63) is 29.8 Å². The Morgan fingerprint density at radius 3 is 2.42 bits per heavy atom. The first-order chi connectivity index (χ1) is 12.2. The first-order valence-electron chi connectivity index (χ1n) is 8.27. The van der Waals surface area contributed by atoms with Crippen molar-refractivity contribution in [2.75, 3.05) is 32.8 Å². The van der Waals surface area contributed by atoms with E-state index in [-0.39, 0.29) is 32.1 Å². The van der Waals surface area contributed by atoms with Crippen LogP contribution in [0, 0.1) is 0 Å². The van der Waals surface area contributed by atoms with E-state index in [0.717, 1.165) is 28.9 Å². The number of piperazine rings is 1. The van der Waals surface area contributed by atoms with E-state index in [9.17, 15) is 26.4 Å². The van der Waals surface area contributed by atoms with E-state index in [1.54, 1.807) is 4.90 Å². The highest BCUT2D eigenvalue weighted by atomic mass is 32.2. The number of hydrogen-bond donors (Lipinski definition) is 0. The van der Waals surface area contributed by atoms with Crippen molar-refractivity contribution in [3.8, 4) is 0 Å². The molecule has 2 fully saturated rings. The van der Waals surface area contributed by atoms with Crippen LogP contribution in [-0.4, -0.2) is 62.4 Å². The van der Waals surface area contributed by atoms with Crippen LogP contribution in [0.1, 0.15) is 18.4 Å². The summed E-state index contributed by atoms with van der Waals surface area (Å²) in [6.07, 6.45) is -3.61. The molecule has 0 bridgehead atoms. The minimum Gasteiger partial charge on any atom is -0.368 e. The zero-order valence-corrected chi connectivity index (χ0v) is 14.7. The van der Waals surface area contributed by atoms with E-state index in [1.165, 1.54) is 0 Å². The second kappa shape index (κ2) is 7.16. The van der Waals surface area contributed by atoms with Crippen molar-refractivity contribution >= 4 is 15.9 Å². The Morgan fingerprint density at radius 1 is 1.15 bits per heavy atom. The third-order valence-electron chi connectivity index (χ3n) is 4.55. The fourth-order valence-electron chi connectivity index (χ4n) is 3.11. The molecule has 0 N–H and O–H groups in total. The number of hydrogen-bond acceptors (Lipinski definition) is 4. The van der Waals surface area contributed by atoms with Crippen LogP contribution in [0.5, 0.6) is 0 Å². The Kier molecular flexibility index (Phi) is 5.27. The van der Waals surface area contributed by atoms with Crippen LogP contribution in [0.2, 0.25) is 0 Å². The first kappa shape index (κ1) is 19.1. The normalized spacial score (nSPS) is 22.6. The maximum Gasteiger partial charge on any atom is 0.416 e. The summed E-state index contributed by atoms with van der Waals surface area (Å²) in [7, 11) is -4.05. The summed E-state index contributed by atoms with van der Waals surface area (Å²) < 4.78 is 70.2. The number of benzene rings is 1. The number of carbonyl (C=O) groups excluding carboxylic acids is 1. The lowest BCUT2D eigenvalue weighted by atomic mass is 10.2. The van der Waals surface area contributed by atoms with Gasteiger partial charge in [0.25, 0.3) is 5.91 Å². The fourth-order valence-corrected chi connectivity index (χ4v) is 4.58. The molecule has 2 saturated heterocycles. The molecule has 2 aliphatic rings. The molecule has 0 saturated carbocycles. The van der Waals surface area contributed by atoms with E-state index < -0.39 is 32.8 Å². The number of ether oxygens (including phenoxy) is 1. The van der Waals surface area contributed by atoms with Gasteiger partial charge < -0.3 is 9.64 Å². The average Bonchev–Trinajstić information content (AvgIpc) is 3.15. The van der Waals surface area contributed by atoms with Crippen molar-refractivity contribution in [2.24, 2.45) is 0 Å². The molecule has 0 spiro atoms. The van der Waals surface area contributed by atoms with Gasteiger partial charge in [0, 0.05) is 32.8 Å². The summed E-state index contributed by atoms with van der Waals surface area (Å²) in [6.45, 7) is 1.00. The molecule has 1 aromatic carbocycles. The summed E-state index contributed by atoms with van der Waals surface area (Å²) in [5.41, 5.74) is -1.01. The van der Waals surface area contributed by atoms with E-state index >= 15 is 0 Å². The second-order valence-corrected chi connectivity index (χ2v) is 8.19. The van der Waals surface area contributed by atoms with Crippen molar-refractivity contribution < 1.29 is 31.1 Å². The van der Waals surface area contributed by atoms with Gasteiger partial charge in [0.1, 0.15) is 6.10 Å². The van der Waals surface area contributed by atoms with Crippen LogP contribution < -0.4 is 0 Å². The first-order valence-corrected chi connectivity index (χ1v) is 9.71. The Hall–Kier alpha value is -1.65. The van der Waals surface area contributed by atoms with E-state index in [1.807, 2.05) is 0 Å². The molecule has 26 heavy (non-hydrogen) atoms. The largest absolute Gasteiger partial charge is 0.416 e. The highest BCUT2D eigenvalue weighted by Gasteiger charge is 2.36. The zero-order chi connectivity index (χ0) is 18.9. The SMILES string of the molecule is O=C(C1CCCO1)N1CCN(S(=O)(=O)c2cccc(C(F)(F)F)c2)CC1. The number of amides is 1. The number of alkyl halides is 3. The summed E-state index contributed by atoms with van der Waals surface area (Å²) in [5, 5.41) is 0. The maximum absolute atomic E-state index is 12.8. The van der Waals surface area contributed by atoms with Crippen LogP contribution in [0.15, 0.2) is 29.2 Å². The predicted octanol–water partition coefficient (Wildman–Crippen LogP) is 1.72. The Balaban J connectivity index is 1.69. The topological polar surface area (TPSA) is 66.9 Å². The van der Waals surface area contributed by atoms with Gasteiger partial charge in [-0.3, -0.25) is 4.79 Å². The highest BCUT2D eigenvalue weighted by molar-refractivity contribution is 7.89. The van der Waals surface area contributed by atoms with Gasteiger partial charge in [0.05, 0.1) is 10.5 Å². The molecule has 144 valence electrons. The van der Waals surface area contributed by atoms with Gasteiger partial charge in [0.2, 0.25) is 10.0 Å². The molecule has 0 aromatic heterocycles. The number of carbonyl (C=O) groups is 1. The molecule has 10 heteroatoms. The Labute approximate surface area is 149 Å². The van der Waals surface area contributed by atoms with Crippen LogP contribution in [0.3, 0.4) is 0 Å². The number of halogens is 3. The summed E-state index contributed by atoms with van der Waals surface area (Å²) in [6, 6.07) is 3.69. The van der Waals surface area contributed by atoms with Crippen LogP contribution >= 0.6 is 0 Å². The van der Waals surface area contributed by atoms with Crippen molar-refractivity contribution in [3.63, 3.8) is 0 Å². The van der Waals surface area contributed by atoms with Crippen LogP contribution in [0.4, 0.5) is 13.2 Å². The smallest absolute Gasteiger partial charge is 0.368 e. The summed E-state index contributed by atoms with van der Waals surface area (Å²) in [5.74, 6) is -0.154. The van der Waals surface area contributed by atoms with Gasteiger partial charge in [-0.15, -0.1) is 0 Å². The Morgan fingerprint density at radius 2 is 1.85 bits per heavy atom. The maximum atomic E-state index is 12.8. The molecular weight excluding hydrogens is 373 g/mol. The lowest BCUT2D eigenvalue weighted by Crippen LogP contribution is -2.52. The van der Waals surface area contributed by atoms with Gasteiger partial charge in [0.15, 0.2) is 0 Å². The molecule has 1 amide bonds. The van der Waals surface area contributed by atoms with Gasteiger partial charge in [-0.05, 0) is 31.0 Å². The minimum absolute atomic E-state index is 0.0387.